The van der Waals surface area contributed by atoms with E-state index in [2.05, 4.69) is 11.9 Å². The summed E-state index contributed by atoms with van der Waals surface area (Å²) in [7, 11) is 1.78. The molecule has 2 heteroatoms. The molecule has 2 nitrogen and oxygen atoms in total. The van der Waals surface area contributed by atoms with Crippen LogP contribution >= 0.6 is 0 Å². The molecule has 0 N–H and O–H groups in total. The van der Waals surface area contributed by atoms with Crippen LogP contribution in [0.2, 0.25) is 0 Å². The number of para-hydroxylation sites is 1. The molecule has 0 bridgehead atoms. The highest BCUT2D eigenvalue weighted by Gasteiger charge is 1.98. The lowest BCUT2D eigenvalue weighted by atomic mass is 10.3. The van der Waals surface area contributed by atoms with Crippen LogP contribution in [0.5, 0.6) is 5.75 Å². The SMILES string of the molecule is CC.CC/C(=C\C(C)=NC)Oc1ccccc1. The van der Waals surface area contributed by atoms with E-state index in [4.69, 9.17) is 4.74 Å². The number of nitrogens with zero attached hydrogens (tertiary/aromatic N) is 1. The topological polar surface area (TPSA) is 21.6 Å². The van der Waals surface area contributed by atoms with Gasteiger partial charge in [0.1, 0.15) is 11.5 Å². The number of hydrogen-bond donors (Lipinski definition) is 0. The standard InChI is InChI=1S/C13H17NO.C2H6/c1-4-12(10-11(2)14-3)15-13-8-6-5-7-9-13;1-2/h5-10H,4H2,1-3H3;1-2H3/b12-10+,14-11?;. The van der Waals surface area contributed by atoms with Crippen LogP contribution in [0.1, 0.15) is 34.1 Å². The molecule has 0 heterocycles. The van der Waals surface area contributed by atoms with Gasteiger partial charge in [-0.05, 0) is 25.1 Å². The molecule has 1 aromatic rings. The molecular formula is C15H23NO. The van der Waals surface area contributed by atoms with Crippen LogP contribution in [0.4, 0.5) is 0 Å². The van der Waals surface area contributed by atoms with E-state index in [1.807, 2.05) is 57.2 Å². The van der Waals surface area contributed by atoms with Crippen molar-refractivity contribution in [2.45, 2.75) is 34.1 Å². The van der Waals surface area contributed by atoms with E-state index < -0.39 is 0 Å². The average Bonchev–Trinajstić information content (AvgIpc) is 2.41. The van der Waals surface area contributed by atoms with E-state index in [0.717, 1.165) is 23.6 Å². The molecule has 0 spiro atoms. The lowest BCUT2D eigenvalue weighted by molar-refractivity contribution is 0.410. The van der Waals surface area contributed by atoms with Crippen molar-refractivity contribution in [2.75, 3.05) is 7.05 Å². The van der Waals surface area contributed by atoms with Gasteiger partial charge in [-0.15, -0.1) is 0 Å². The average molecular weight is 233 g/mol. The molecule has 0 aromatic heterocycles. The highest BCUT2D eigenvalue weighted by Crippen LogP contribution is 2.14. The summed E-state index contributed by atoms with van der Waals surface area (Å²) < 4.78 is 5.72. The van der Waals surface area contributed by atoms with Crippen LogP contribution < -0.4 is 4.74 Å². The molecule has 94 valence electrons. The van der Waals surface area contributed by atoms with E-state index in [0.29, 0.717) is 0 Å². The Kier molecular flexibility index (Phi) is 8.75. The zero-order valence-corrected chi connectivity index (χ0v) is 11.5. The van der Waals surface area contributed by atoms with Crippen LogP contribution in [0, 0.1) is 0 Å². The first-order valence-corrected chi connectivity index (χ1v) is 6.13. The second-order valence-electron chi connectivity index (χ2n) is 3.24. The molecule has 0 radical (unpaired) electrons. The Balaban J connectivity index is 0.00000121. The molecule has 1 rings (SSSR count). The van der Waals surface area contributed by atoms with Gasteiger partial charge in [0, 0.05) is 19.2 Å². The highest BCUT2D eigenvalue weighted by molar-refractivity contribution is 5.93. The van der Waals surface area contributed by atoms with Gasteiger partial charge in [0.05, 0.1) is 0 Å². The summed E-state index contributed by atoms with van der Waals surface area (Å²) >= 11 is 0. The number of hydrogen-bond acceptors (Lipinski definition) is 2. The van der Waals surface area contributed by atoms with Crippen LogP contribution in [-0.4, -0.2) is 12.8 Å². The van der Waals surface area contributed by atoms with Gasteiger partial charge < -0.3 is 4.74 Å². The lowest BCUT2D eigenvalue weighted by Crippen LogP contribution is -1.97. The van der Waals surface area contributed by atoms with Crippen molar-refractivity contribution in [1.29, 1.82) is 0 Å². The summed E-state index contributed by atoms with van der Waals surface area (Å²) in [5.74, 6) is 1.80. The van der Waals surface area contributed by atoms with E-state index in [1.165, 1.54) is 0 Å². The Morgan fingerprint density at radius 3 is 2.29 bits per heavy atom. The fraction of sp³-hybridized carbons (Fsp3) is 0.400. The van der Waals surface area contributed by atoms with Gasteiger partial charge in [-0.2, -0.15) is 0 Å². The Morgan fingerprint density at radius 2 is 1.82 bits per heavy atom. The Morgan fingerprint density at radius 1 is 1.24 bits per heavy atom. The van der Waals surface area contributed by atoms with Gasteiger partial charge in [-0.3, -0.25) is 4.99 Å². The summed E-state index contributed by atoms with van der Waals surface area (Å²) in [5, 5.41) is 0. The van der Waals surface area contributed by atoms with Gasteiger partial charge in [0.15, 0.2) is 0 Å². The van der Waals surface area contributed by atoms with E-state index in [1.54, 1.807) is 7.05 Å². The van der Waals surface area contributed by atoms with Crippen LogP contribution in [0.3, 0.4) is 0 Å². The molecule has 0 atom stereocenters. The summed E-state index contributed by atoms with van der Waals surface area (Å²) in [5.41, 5.74) is 0.975. The van der Waals surface area contributed by atoms with Crippen molar-refractivity contribution < 1.29 is 4.74 Å². The molecule has 0 fully saturated rings. The third-order valence-electron chi connectivity index (χ3n) is 2.06. The van der Waals surface area contributed by atoms with Gasteiger partial charge in [0.25, 0.3) is 0 Å². The van der Waals surface area contributed by atoms with Crippen molar-refractivity contribution in [3.63, 3.8) is 0 Å². The number of allylic oxidation sites excluding steroid dienone is 2. The molecule has 17 heavy (non-hydrogen) atoms. The predicted molar refractivity (Wildman–Crippen MR) is 75.8 cm³/mol. The van der Waals surface area contributed by atoms with Gasteiger partial charge >= 0.3 is 0 Å². The van der Waals surface area contributed by atoms with Gasteiger partial charge in [-0.1, -0.05) is 39.0 Å². The molecule has 0 saturated carbocycles. The Bertz CT molecular complexity index is 352. The molecule has 0 aliphatic rings. The molecule has 0 saturated heterocycles. The fourth-order valence-electron chi connectivity index (χ4n) is 1.14. The molecule has 0 aliphatic heterocycles. The first-order chi connectivity index (χ1) is 8.26. The van der Waals surface area contributed by atoms with Gasteiger partial charge in [0.2, 0.25) is 0 Å². The minimum atomic E-state index is 0.863. The van der Waals surface area contributed by atoms with Gasteiger partial charge in [-0.25, -0.2) is 0 Å². The van der Waals surface area contributed by atoms with Crippen molar-refractivity contribution in [3.05, 3.63) is 42.2 Å². The second-order valence-corrected chi connectivity index (χ2v) is 3.24. The predicted octanol–water partition coefficient (Wildman–Crippen LogP) is 4.48. The first kappa shape index (κ1) is 15.4. The summed E-state index contributed by atoms with van der Waals surface area (Å²) in [6, 6.07) is 9.79. The normalized spacial score (nSPS) is 11.6. The summed E-state index contributed by atoms with van der Waals surface area (Å²) in [6.45, 7) is 8.03. The third-order valence-corrected chi connectivity index (χ3v) is 2.06. The number of rotatable bonds is 4. The highest BCUT2D eigenvalue weighted by atomic mass is 16.5. The minimum absolute atomic E-state index is 0.863. The maximum absolute atomic E-state index is 5.72. The minimum Gasteiger partial charge on any atom is -0.462 e. The molecule has 1 aromatic carbocycles. The zero-order chi connectivity index (χ0) is 13.1. The molecule has 0 aliphatic carbocycles. The van der Waals surface area contributed by atoms with Crippen molar-refractivity contribution >= 4 is 5.71 Å². The van der Waals surface area contributed by atoms with E-state index in [-0.39, 0.29) is 0 Å². The maximum atomic E-state index is 5.72. The van der Waals surface area contributed by atoms with Crippen LogP contribution in [0.15, 0.2) is 47.2 Å². The molecule has 0 amide bonds. The molecule has 0 unspecified atom stereocenters. The largest absolute Gasteiger partial charge is 0.462 e. The Hall–Kier alpha value is -1.57. The Labute approximate surface area is 105 Å². The van der Waals surface area contributed by atoms with Crippen molar-refractivity contribution in [1.82, 2.24) is 0 Å². The smallest absolute Gasteiger partial charge is 0.126 e. The number of ether oxygens (including phenoxy) is 1. The lowest BCUT2D eigenvalue weighted by Gasteiger charge is -2.07. The first-order valence-electron chi connectivity index (χ1n) is 6.13. The number of benzene rings is 1. The maximum Gasteiger partial charge on any atom is 0.126 e. The van der Waals surface area contributed by atoms with Crippen LogP contribution in [0.25, 0.3) is 0 Å². The summed E-state index contributed by atoms with van der Waals surface area (Å²) in [6.07, 6.45) is 2.83. The van der Waals surface area contributed by atoms with Crippen molar-refractivity contribution in [2.24, 2.45) is 4.99 Å². The molecular weight excluding hydrogens is 210 g/mol. The van der Waals surface area contributed by atoms with E-state index >= 15 is 0 Å². The monoisotopic (exact) mass is 233 g/mol. The fourth-order valence-corrected chi connectivity index (χ4v) is 1.14. The van der Waals surface area contributed by atoms with E-state index in [9.17, 15) is 0 Å². The summed E-state index contributed by atoms with van der Waals surface area (Å²) in [4.78, 5) is 4.08. The quantitative estimate of drug-likeness (QED) is 0.555. The van der Waals surface area contributed by atoms with Crippen molar-refractivity contribution in [3.8, 4) is 5.75 Å². The zero-order valence-electron chi connectivity index (χ0n) is 11.5. The number of aliphatic imine (C=N–C) groups is 1. The third kappa shape index (κ3) is 6.56. The second kappa shape index (κ2) is 9.64. The van der Waals surface area contributed by atoms with Crippen LogP contribution in [-0.2, 0) is 0 Å².